The maximum atomic E-state index is 13.6. The molecule has 2 aliphatic rings. The molecule has 1 aliphatic carbocycles. The molecule has 2 amide bonds. The van der Waals surface area contributed by atoms with E-state index in [4.69, 9.17) is 4.52 Å². The highest BCUT2D eigenvalue weighted by molar-refractivity contribution is 5.97. The number of benzene rings is 1. The van der Waals surface area contributed by atoms with Crippen molar-refractivity contribution in [2.24, 2.45) is 11.8 Å². The van der Waals surface area contributed by atoms with Crippen molar-refractivity contribution in [3.8, 4) is 11.3 Å². The summed E-state index contributed by atoms with van der Waals surface area (Å²) >= 11 is 0. The fourth-order valence-corrected chi connectivity index (χ4v) is 4.82. The van der Waals surface area contributed by atoms with Crippen LogP contribution in [0.5, 0.6) is 0 Å². The number of carbonyl (C=O) groups excluding carboxylic acids is 2. The Balaban J connectivity index is 1.58. The van der Waals surface area contributed by atoms with E-state index in [9.17, 15) is 18.4 Å². The van der Waals surface area contributed by atoms with Gasteiger partial charge in [0.05, 0.1) is 0 Å². The van der Waals surface area contributed by atoms with E-state index in [2.05, 4.69) is 10.5 Å². The minimum atomic E-state index is -1.01. The van der Waals surface area contributed by atoms with Crippen molar-refractivity contribution in [2.45, 2.75) is 64.5 Å². The lowest BCUT2D eigenvalue weighted by molar-refractivity contribution is -0.131. The summed E-state index contributed by atoms with van der Waals surface area (Å²) in [6, 6.07) is 4.13. The van der Waals surface area contributed by atoms with Gasteiger partial charge in [-0.1, -0.05) is 38.3 Å². The van der Waals surface area contributed by atoms with Crippen molar-refractivity contribution in [1.29, 1.82) is 0 Å². The van der Waals surface area contributed by atoms with E-state index in [1.807, 2.05) is 13.8 Å². The van der Waals surface area contributed by atoms with Crippen LogP contribution in [0.2, 0.25) is 0 Å². The molecule has 172 valence electrons. The first kappa shape index (κ1) is 22.4. The zero-order chi connectivity index (χ0) is 22.8. The lowest BCUT2D eigenvalue weighted by atomic mass is 9.82. The van der Waals surface area contributed by atoms with Crippen molar-refractivity contribution >= 4 is 11.8 Å². The Morgan fingerprint density at radius 1 is 1.19 bits per heavy atom. The molecule has 2 heterocycles. The van der Waals surface area contributed by atoms with Crippen LogP contribution in [0.25, 0.3) is 11.3 Å². The van der Waals surface area contributed by atoms with Gasteiger partial charge in [0.2, 0.25) is 5.91 Å². The quantitative estimate of drug-likeness (QED) is 0.732. The van der Waals surface area contributed by atoms with E-state index in [1.54, 1.807) is 4.90 Å². The van der Waals surface area contributed by atoms with Gasteiger partial charge in [0, 0.05) is 24.2 Å². The SMILES string of the molecule is CC(C)CC1C(=O)NC(C2CCCCC2)CN1C(=O)c1cc(-c2ccc(F)c(F)c2)on1. The van der Waals surface area contributed by atoms with Gasteiger partial charge in [0.25, 0.3) is 5.91 Å². The van der Waals surface area contributed by atoms with Crippen LogP contribution < -0.4 is 5.32 Å². The van der Waals surface area contributed by atoms with E-state index >= 15 is 0 Å². The number of amides is 2. The van der Waals surface area contributed by atoms with Crippen LogP contribution in [0.4, 0.5) is 8.78 Å². The minimum absolute atomic E-state index is 0.0515. The fraction of sp³-hybridized carbons (Fsp3) is 0.542. The number of hydrogen-bond donors (Lipinski definition) is 1. The van der Waals surface area contributed by atoms with Gasteiger partial charge in [0.1, 0.15) is 6.04 Å². The highest BCUT2D eigenvalue weighted by atomic mass is 19.2. The molecular formula is C24H29F2N3O3. The van der Waals surface area contributed by atoms with Gasteiger partial charge in [-0.25, -0.2) is 8.78 Å². The highest BCUT2D eigenvalue weighted by Crippen LogP contribution is 2.31. The summed E-state index contributed by atoms with van der Waals surface area (Å²) in [6.45, 7) is 4.46. The van der Waals surface area contributed by atoms with Crippen LogP contribution in [0.1, 0.15) is 62.9 Å². The maximum Gasteiger partial charge on any atom is 0.276 e. The summed E-state index contributed by atoms with van der Waals surface area (Å²) < 4.78 is 32.1. The Hall–Kier alpha value is -2.77. The second-order valence-corrected chi connectivity index (χ2v) is 9.32. The molecule has 32 heavy (non-hydrogen) atoms. The van der Waals surface area contributed by atoms with E-state index < -0.39 is 17.7 Å². The van der Waals surface area contributed by atoms with Gasteiger partial charge < -0.3 is 14.7 Å². The van der Waals surface area contributed by atoms with Crippen LogP contribution in [0.3, 0.4) is 0 Å². The lowest BCUT2D eigenvalue weighted by Gasteiger charge is -2.43. The number of halogens is 2. The first-order valence-electron chi connectivity index (χ1n) is 11.4. The summed E-state index contributed by atoms with van der Waals surface area (Å²) in [5, 5.41) is 7.05. The number of nitrogens with one attached hydrogen (secondary N) is 1. The molecule has 2 atom stereocenters. The number of nitrogens with zero attached hydrogens (tertiary/aromatic N) is 2. The average Bonchev–Trinajstić information content (AvgIpc) is 3.27. The number of piperazine rings is 1. The molecule has 2 aromatic rings. The molecule has 8 heteroatoms. The molecule has 1 N–H and O–H groups in total. The topological polar surface area (TPSA) is 75.4 Å². The van der Waals surface area contributed by atoms with Gasteiger partial charge in [-0.2, -0.15) is 0 Å². The standard InChI is InChI=1S/C24H29F2N3O3/c1-14(2)10-21-23(30)27-20(15-6-4-3-5-7-15)13-29(21)24(31)19-12-22(32-28-19)16-8-9-17(25)18(26)11-16/h8-9,11-12,14-15,20-21H,3-7,10,13H2,1-2H3,(H,27,30). The molecule has 1 aliphatic heterocycles. The summed E-state index contributed by atoms with van der Waals surface area (Å²) in [5.41, 5.74) is 0.334. The van der Waals surface area contributed by atoms with Gasteiger partial charge in [-0.15, -0.1) is 0 Å². The summed E-state index contributed by atoms with van der Waals surface area (Å²) in [5.74, 6) is -1.73. The summed E-state index contributed by atoms with van der Waals surface area (Å²) in [7, 11) is 0. The molecule has 1 aromatic carbocycles. The monoisotopic (exact) mass is 445 g/mol. The van der Waals surface area contributed by atoms with Crippen molar-refractivity contribution in [1.82, 2.24) is 15.4 Å². The smallest absolute Gasteiger partial charge is 0.276 e. The molecule has 4 rings (SSSR count). The highest BCUT2D eigenvalue weighted by Gasteiger charge is 2.41. The molecule has 1 aromatic heterocycles. The molecule has 2 fully saturated rings. The summed E-state index contributed by atoms with van der Waals surface area (Å²) in [4.78, 5) is 28.0. The molecule has 2 unspecified atom stereocenters. The third-order valence-electron chi connectivity index (χ3n) is 6.51. The van der Waals surface area contributed by atoms with Crippen LogP contribution in [0.15, 0.2) is 28.8 Å². The second-order valence-electron chi connectivity index (χ2n) is 9.32. The third kappa shape index (κ3) is 4.69. The number of hydrogen-bond acceptors (Lipinski definition) is 4. The van der Waals surface area contributed by atoms with Crippen LogP contribution in [0, 0.1) is 23.5 Å². The first-order chi connectivity index (χ1) is 15.3. The van der Waals surface area contributed by atoms with Crippen molar-refractivity contribution in [2.75, 3.05) is 6.54 Å². The fourth-order valence-electron chi connectivity index (χ4n) is 4.82. The van der Waals surface area contributed by atoms with E-state index in [-0.39, 0.29) is 40.8 Å². The maximum absolute atomic E-state index is 13.6. The predicted octanol–water partition coefficient (Wildman–Crippen LogP) is 4.56. The van der Waals surface area contributed by atoms with Crippen LogP contribution >= 0.6 is 0 Å². The number of rotatable bonds is 5. The Bertz CT molecular complexity index is 985. The molecule has 0 bridgehead atoms. The Labute approximate surface area is 186 Å². The van der Waals surface area contributed by atoms with Gasteiger partial charge >= 0.3 is 0 Å². The van der Waals surface area contributed by atoms with Crippen molar-refractivity contribution < 1.29 is 22.9 Å². The molecular weight excluding hydrogens is 416 g/mol. The molecule has 6 nitrogen and oxygen atoms in total. The zero-order valence-electron chi connectivity index (χ0n) is 18.4. The Morgan fingerprint density at radius 2 is 1.94 bits per heavy atom. The number of carbonyl (C=O) groups is 2. The molecule has 0 radical (unpaired) electrons. The average molecular weight is 446 g/mol. The molecule has 1 saturated carbocycles. The van der Waals surface area contributed by atoms with E-state index in [0.717, 1.165) is 37.8 Å². The third-order valence-corrected chi connectivity index (χ3v) is 6.51. The minimum Gasteiger partial charge on any atom is -0.355 e. The lowest BCUT2D eigenvalue weighted by Crippen LogP contribution is -2.63. The van der Waals surface area contributed by atoms with Crippen LogP contribution in [-0.2, 0) is 4.79 Å². The normalized spacial score (nSPS) is 22.3. The predicted molar refractivity (Wildman–Crippen MR) is 115 cm³/mol. The Kier molecular flexibility index (Phi) is 6.58. The summed E-state index contributed by atoms with van der Waals surface area (Å²) in [6.07, 6.45) is 6.13. The largest absolute Gasteiger partial charge is 0.355 e. The van der Waals surface area contributed by atoms with Gasteiger partial charge in [0.15, 0.2) is 23.1 Å². The van der Waals surface area contributed by atoms with Crippen molar-refractivity contribution in [3.05, 3.63) is 41.6 Å². The first-order valence-corrected chi connectivity index (χ1v) is 11.4. The van der Waals surface area contributed by atoms with E-state index in [0.29, 0.717) is 18.9 Å². The van der Waals surface area contributed by atoms with Gasteiger partial charge in [-0.05, 0) is 49.3 Å². The number of aromatic nitrogens is 1. The second kappa shape index (κ2) is 9.38. The molecule has 1 saturated heterocycles. The van der Waals surface area contributed by atoms with Crippen LogP contribution in [-0.4, -0.2) is 40.5 Å². The zero-order valence-corrected chi connectivity index (χ0v) is 18.4. The van der Waals surface area contributed by atoms with Crippen molar-refractivity contribution in [3.63, 3.8) is 0 Å². The van der Waals surface area contributed by atoms with E-state index in [1.165, 1.54) is 18.6 Å². The molecule has 0 spiro atoms. The van der Waals surface area contributed by atoms with Gasteiger partial charge in [-0.3, -0.25) is 9.59 Å². The Morgan fingerprint density at radius 3 is 2.62 bits per heavy atom.